The highest BCUT2D eigenvalue weighted by atomic mass is 35.6. The third-order valence-corrected chi connectivity index (χ3v) is 7.32. The number of carbonyl (C=O) groups excluding carboxylic acids is 2. The SMILES string of the molecule is CC12CCC(C(=O)NCc3ccco3)(CC1OC(=O)C(Cl)(Cl)Cl)C2(C)C. The van der Waals surface area contributed by atoms with Crippen molar-refractivity contribution in [2.24, 2.45) is 16.2 Å². The molecule has 2 bridgehead atoms. The molecule has 3 unspecified atom stereocenters. The lowest BCUT2D eigenvalue weighted by Gasteiger charge is -2.40. The van der Waals surface area contributed by atoms with E-state index in [1.807, 2.05) is 13.0 Å². The molecule has 1 N–H and O–H groups in total. The molecule has 5 nitrogen and oxygen atoms in total. The van der Waals surface area contributed by atoms with Crippen LogP contribution in [0.5, 0.6) is 0 Å². The van der Waals surface area contributed by atoms with Crippen LogP contribution in [0.3, 0.4) is 0 Å². The second-order valence-electron chi connectivity index (χ2n) is 7.98. The van der Waals surface area contributed by atoms with Crippen LogP contribution in [0.25, 0.3) is 0 Å². The maximum atomic E-state index is 13.1. The molecule has 2 aliphatic rings. The highest BCUT2D eigenvalue weighted by molar-refractivity contribution is 6.75. The summed E-state index contributed by atoms with van der Waals surface area (Å²) in [6.45, 7) is 6.46. The first-order valence-corrected chi connectivity index (χ1v) is 9.66. The molecule has 2 saturated carbocycles. The van der Waals surface area contributed by atoms with Gasteiger partial charge in [-0.3, -0.25) is 4.79 Å². The minimum Gasteiger partial charge on any atom is -0.467 e. The number of rotatable bonds is 4. The van der Waals surface area contributed by atoms with Gasteiger partial charge in [-0.1, -0.05) is 55.6 Å². The summed E-state index contributed by atoms with van der Waals surface area (Å²) in [5.74, 6) is -0.274. The summed E-state index contributed by atoms with van der Waals surface area (Å²) in [5, 5.41) is 2.97. The van der Waals surface area contributed by atoms with Crippen molar-refractivity contribution < 1.29 is 18.7 Å². The van der Waals surface area contributed by atoms with Crippen LogP contribution in [0.15, 0.2) is 22.8 Å². The van der Waals surface area contributed by atoms with Crippen LogP contribution in [0, 0.1) is 16.2 Å². The Morgan fingerprint density at radius 3 is 2.58 bits per heavy atom. The molecule has 3 atom stereocenters. The van der Waals surface area contributed by atoms with E-state index in [0.29, 0.717) is 18.7 Å². The number of fused-ring (bicyclic) bond motifs is 2. The fraction of sp³-hybridized carbons (Fsp3) is 0.667. The van der Waals surface area contributed by atoms with Crippen molar-refractivity contribution >= 4 is 46.7 Å². The molecule has 3 rings (SSSR count). The number of ether oxygens (including phenoxy) is 1. The van der Waals surface area contributed by atoms with Gasteiger partial charge >= 0.3 is 5.97 Å². The second kappa shape index (κ2) is 6.32. The summed E-state index contributed by atoms with van der Waals surface area (Å²) in [6.07, 6.45) is 2.98. The highest BCUT2D eigenvalue weighted by Gasteiger charge is 2.73. The van der Waals surface area contributed by atoms with Crippen molar-refractivity contribution in [2.75, 3.05) is 0 Å². The van der Waals surface area contributed by atoms with E-state index in [1.54, 1.807) is 12.3 Å². The minimum absolute atomic E-state index is 0.0601. The molecule has 1 heterocycles. The van der Waals surface area contributed by atoms with Crippen molar-refractivity contribution in [2.45, 2.75) is 56.5 Å². The average Bonchev–Trinajstić information content (AvgIpc) is 3.16. The van der Waals surface area contributed by atoms with Crippen molar-refractivity contribution in [1.29, 1.82) is 0 Å². The largest absolute Gasteiger partial charge is 0.467 e. The number of alkyl halides is 3. The number of hydrogen-bond donors (Lipinski definition) is 1. The molecular formula is C18H22Cl3NO4. The third-order valence-electron chi connectivity index (χ3n) is 6.86. The topological polar surface area (TPSA) is 68.5 Å². The maximum absolute atomic E-state index is 13.1. The van der Waals surface area contributed by atoms with Crippen LogP contribution in [0.2, 0.25) is 0 Å². The molecule has 0 radical (unpaired) electrons. The number of esters is 1. The molecule has 0 aliphatic heterocycles. The van der Waals surface area contributed by atoms with Gasteiger partial charge in [-0.05, 0) is 36.8 Å². The van der Waals surface area contributed by atoms with E-state index in [9.17, 15) is 9.59 Å². The molecular weight excluding hydrogens is 401 g/mol. The zero-order valence-corrected chi connectivity index (χ0v) is 17.2. The Kier molecular flexibility index (Phi) is 4.82. The Morgan fingerprint density at radius 1 is 1.31 bits per heavy atom. The fourth-order valence-electron chi connectivity index (χ4n) is 4.71. The smallest absolute Gasteiger partial charge is 0.358 e. The molecule has 1 amide bonds. The van der Waals surface area contributed by atoms with E-state index >= 15 is 0 Å². The van der Waals surface area contributed by atoms with Gasteiger partial charge in [0.25, 0.3) is 3.79 Å². The molecule has 8 heteroatoms. The Morgan fingerprint density at radius 2 is 2.00 bits per heavy atom. The Balaban J connectivity index is 1.81. The zero-order chi connectivity index (χ0) is 19.4. The van der Waals surface area contributed by atoms with Crippen molar-refractivity contribution in [1.82, 2.24) is 5.32 Å². The first kappa shape index (κ1) is 19.8. The van der Waals surface area contributed by atoms with Gasteiger partial charge in [0.15, 0.2) is 0 Å². The van der Waals surface area contributed by atoms with Gasteiger partial charge < -0.3 is 14.5 Å². The predicted molar refractivity (Wildman–Crippen MR) is 98.9 cm³/mol. The van der Waals surface area contributed by atoms with Gasteiger partial charge in [0.1, 0.15) is 11.9 Å². The molecule has 144 valence electrons. The molecule has 1 aromatic rings. The van der Waals surface area contributed by atoms with Gasteiger partial charge in [-0.25, -0.2) is 4.79 Å². The quantitative estimate of drug-likeness (QED) is 0.577. The number of hydrogen-bond acceptors (Lipinski definition) is 4. The van der Waals surface area contributed by atoms with Crippen LogP contribution in [0.1, 0.15) is 45.8 Å². The van der Waals surface area contributed by atoms with Crippen molar-refractivity contribution in [3.8, 4) is 0 Å². The summed E-state index contributed by atoms with van der Waals surface area (Å²) >= 11 is 17.0. The maximum Gasteiger partial charge on any atom is 0.358 e. The first-order chi connectivity index (χ1) is 11.9. The van der Waals surface area contributed by atoms with Crippen LogP contribution in [0.4, 0.5) is 0 Å². The molecule has 1 aromatic heterocycles. The number of halogens is 3. The Labute approximate surface area is 167 Å². The Hall–Kier alpha value is -0.910. The molecule has 0 spiro atoms. The van der Waals surface area contributed by atoms with E-state index in [0.717, 1.165) is 12.8 Å². The molecule has 26 heavy (non-hydrogen) atoms. The van der Waals surface area contributed by atoms with E-state index in [-0.39, 0.29) is 16.7 Å². The van der Waals surface area contributed by atoms with Crippen LogP contribution >= 0.6 is 34.8 Å². The molecule has 2 fully saturated rings. The first-order valence-electron chi connectivity index (χ1n) is 8.52. The van der Waals surface area contributed by atoms with Gasteiger partial charge in [0, 0.05) is 5.41 Å². The average molecular weight is 423 g/mol. The number of amides is 1. The Bertz CT molecular complexity index is 713. The predicted octanol–water partition coefficient (Wildman–Crippen LogP) is 4.39. The number of nitrogens with one attached hydrogen (secondary N) is 1. The summed E-state index contributed by atoms with van der Waals surface area (Å²) in [7, 11) is 0. The normalized spacial score (nSPS) is 32.5. The van der Waals surface area contributed by atoms with Crippen molar-refractivity contribution in [3.05, 3.63) is 24.2 Å². The monoisotopic (exact) mass is 421 g/mol. The lowest BCUT2D eigenvalue weighted by molar-refractivity contribution is -0.156. The standard InChI is InChI=1S/C18H22Cl3NO4/c1-15(2)16(3)6-7-17(15,9-12(16)26-14(24)18(19,20)21)13(23)22-10-11-5-4-8-25-11/h4-5,8,12H,6-7,9-10H2,1-3H3,(H,22,23). The van der Waals surface area contributed by atoms with Gasteiger partial charge in [-0.15, -0.1) is 0 Å². The molecule has 0 saturated heterocycles. The van der Waals surface area contributed by atoms with Gasteiger partial charge in [0.2, 0.25) is 5.91 Å². The van der Waals surface area contributed by atoms with E-state index in [4.69, 9.17) is 44.0 Å². The summed E-state index contributed by atoms with van der Waals surface area (Å²) in [4.78, 5) is 25.2. The van der Waals surface area contributed by atoms with Crippen molar-refractivity contribution in [3.63, 3.8) is 0 Å². The number of carbonyl (C=O) groups is 2. The zero-order valence-electron chi connectivity index (χ0n) is 14.9. The van der Waals surface area contributed by atoms with Gasteiger partial charge in [0.05, 0.1) is 18.2 Å². The lowest BCUT2D eigenvalue weighted by Crippen LogP contribution is -2.46. The highest BCUT2D eigenvalue weighted by Crippen LogP contribution is 2.73. The van der Waals surface area contributed by atoms with Crippen LogP contribution < -0.4 is 5.32 Å². The third kappa shape index (κ3) is 2.83. The second-order valence-corrected chi connectivity index (χ2v) is 10.3. The minimum atomic E-state index is -2.13. The summed E-state index contributed by atoms with van der Waals surface area (Å²) in [5.41, 5.74) is -1.40. The van der Waals surface area contributed by atoms with E-state index in [2.05, 4.69) is 19.2 Å². The lowest BCUT2D eigenvalue weighted by atomic mass is 9.64. The summed E-state index contributed by atoms with van der Waals surface area (Å²) < 4.78 is 8.69. The van der Waals surface area contributed by atoms with Crippen LogP contribution in [-0.2, 0) is 20.9 Å². The van der Waals surface area contributed by atoms with Gasteiger partial charge in [-0.2, -0.15) is 0 Å². The van der Waals surface area contributed by atoms with Crippen LogP contribution in [-0.4, -0.2) is 21.8 Å². The summed E-state index contributed by atoms with van der Waals surface area (Å²) in [6, 6.07) is 3.58. The fourth-order valence-corrected chi connectivity index (χ4v) is 4.85. The number of furan rings is 1. The molecule has 0 aromatic carbocycles. The van der Waals surface area contributed by atoms with E-state index in [1.165, 1.54) is 0 Å². The molecule has 2 aliphatic carbocycles. The van der Waals surface area contributed by atoms with E-state index < -0.39 is 21.3 Å².